The summed E-state index contributed by atoms with van der Waals surface area (Å²) in [4.78, 5) is 6.14. The van der Waals surface area contributed by atoms with Crippen molar-refractivity contribution in [2.75, 3.05) is 5.32 Å². The summed E-state index contributed by atoms with van der Waals surface area (Å²) in [7, 11) is 0. The molecule has 1 aromatic carbocycles. The summed E-state index contributed by atoms with van der Waals surface area (Å²) in [6.45, 7) is 8.23. The van der Waals surface area contributed by atoms with E-state index in [1.54, 1.807) is 11.3 Å². The van der Waals surface area contributed by atoms with E-state index in [0.29, 0.717) is 4.99 Å². The number of aromatic nitrogens is 1. The van der Waals surface area contributed by atoms with Crippen molar-refractivity contribution in [1.29, 1.82) is 0 Å². The second kappa shape index (κ2) is 5.89. The minimum absolute atomic E-state index is 0.178. The molecule has 0 saturated carbocycles. The summed E-state index contributed by atoms with van der Waals surface area (Å²) in [5.74, 6) is 0. The molecule has 0 aliphatic carbocycles. The Labute approximate surface area is 129 Å². The van der Waals surface area contributed by atoms with Crippen LogP contribution in [0.15, 0.2) is 18.2 Å². The fourth-order valence-corrected chi connectivity index (χ4v) is 3.33. The Bertz CT molecular complexity index is 647. The molecular formula is C15H19N3S2. The molecule has 0 aliphatic rings. The van der Waals surface area contributed by atoms with Gasteiger partial charge in [-0.2, -0.15) is 0 Å². The van der Waals surface area contributed by atoms with Gasteiger partial charge in [-0.1, -0.05) is 23.8 Å². The Morgan fingerprint density at radius 3 is 2.60 bits per heavy atom. The van der Waals surface area contributed by atoms with Gasteiger partial charge in [0.1, 0.15) is 4.99 Å². The molecule has 106 valence electrons. The average molecular weight is 305 g/mol. The van der Waals surface area contributed by atoms with Crippen LogP contribution in [-0.2, 0) is 0 Å². The predicted octanol–water partition coefficient (Wildman–Crippen LogP) is 3.88. The van der Waals surface area contributed by atoms with E-state index >= 15 is 0 Å². The zero-order valence-electron chi connectivity index (χ0n) is 12.2. The van der Waals surface area contributed by atoms with Crippen LogP contribution in [0.25, 0.3) is 0 Å². The van der Waals surface area contributed by atoms with E-state index in [4.69, 9.17) is 18.0 Å². The molecule has 0 spiro atoms. The van der Waals surface area contributed by atoms with E-state index in [-0.39, 0.29) is 6.04 Å². The summed E-state index contributed by atoms with van der Waals surface area (Å²) >= 11 is 6.86. The number of aryl methyl sites for hydroxylation is 3. The number of anilines is 1. The van der Waals surface area contributed by atoms with Crippen molar-refractivity contribution in [3.8, 4) is 0 Å². The molecule has 5 heteroatoms. The van der Waals surface area contributed by atoms with Gasteiger partial charge in [0.15, 0.2) is 0 Å². The first kappa shape index (κ1) is 14.9. The third kappa shape index (κ3) is 3.16. The first-order valence-electron chi connectivity index (χ1n) is 6.49. The number of benzene rings is 1. The third-order valence-electron chi connectivity index (χ3n) is 3.15. The van der Waals surface area contributed by atoms with Gasteiger partial charge in [-0.15, -0.1) is 11.3 Å². The molecule has 2 rings (SSSR count). The Morgan fingerprint density at radius 2 is 2.05 bits per heavy atom. The van der Waals surface area contributed by atoms with Gasteiger partial charge < -0.3 is 11.1 Å². The summed E-state index contributed by atoms with van der Waals surface area (Å²) in [5, 5.41) is 4.58. The molecule has 0 aliphatic heterocycles. The number of thiazole rings is 1. The van der Waals surface area contributed by atoms with E-state index in [0.717, 1.165) is 27.5 Å². The lowest BCUT2D eigenvalue weighted by molar-refractivity contribution is 0.889. The summed E-state index contributed by atoms with van der Waals surface area (Å²) < 4.78 is 0. The minimum atomic E-state index is 0.178. The molecule has 1 atom stereocenters. The lowest BCUT2D eigenvalue weighted by Crippen LogP contribution is -2.15. The molecule has 1 unspecified atom stereocenters. The number of hydrogen-bond acceptors (Lipinski definition) is 4. The second-order valence-corrected chi connectivity index (χ2v) is 6.64. The summed E-state index contributed by atoms with van der Waals surface area (Å²) in [6.07, 6.45) is 0. The summed E-state index contributed by atoms with van der Waals surface area (Å²) in [6, 6.07) is 6.28. The highest BCUT2D eigenvalue weighted by Gasteiger charge is 2.15. The molecule has 2 aromatic rings. The molecule has 3 N–H and O–H groups in total. The van der Waals surface area contributed by atoms with Gasteiger partial charge in [0, 0.05) is 16.1 Å². The highest BCUT2D eigenvalue weighted by atomic mass is 32.1. The lowest BCUT2D eigenvalue weighted by Gasteiger charge is -2.17. The van der Waals surface area contributed by atoms with Crippen molar-refractivity contribution in [3.05, 3.63) is 44.9 Å². The van der Waals surface area contributed by atoms with E-state index in [9.17, 15) is 0 Å². The zero-order valence-corrected chi connectivity index (χ0v) is 13.8. The topological polar surface area (TPSA) is 50.9 Å². The van der Waals surface area contributed by atoms with Crippen LogP contribution < -0.4 is 11.1 Å². The molecule has 0 fully saturated rings. The average Bonchev–Trinajstić information content (AvgIpc) is 2.70. The van der Waals surface area contributed by atoms with Crippen LogP contribution in [0.2, 0.25) is 0 Å². The van der Waals surface area contributed by atoms with Gasteiger partial charge in [0.25, 0.3) is 0 Å². The maximum atomic E-state index is 5.81. The SMILES string of the molecule is Cc1ccc(NC(C)c2sc(C)nc2C)c(C(N)=S)c1. The van der Waals surface area contributed by atoms with Gasteiger partial charge >= 0.3 is 0 Å². The fourth-order valence-electron chi connectivity index (χ4n) is 2.24. The molecule has 0 saturated heterocycles. The van der Waals surface area contributed by atoms with Gasteiger partial charge in [0.2, 0.25) is 0 Å². The molecule has 0 bridgehead atoms. The van der Waals surface area contributed by atoms with Gasteiger partial charge in [-0.3, -0.25) is 0 Å². The van der Waals surface area contributed by atoms with Crippen molar-refractivity contribution >= 4 is 34.2 Å². The van der Waals surface area contributed by atoms with E-state index in [1.807, 2.05) is 32.9 Å². The molecule has 0 radical (unpaired) electrons. The van der Waals surface area contributed by atoms with Crippen LogP contribution in [0.3, 0.4) is 0 Å². The van der Waals surface area contributed by atoms with Crippen molar-refractivity contribution in [3.63, 3.8) is 0 Å². The molecule has 0 amide bonds. The highest BCUT2D eigenvalue weighted by Crippen LogP contribution is 2.29. The van der Waals surface area contributed by atoms with Crippen molar-refractivity contribution in [2.24, 2.45) is 5.73 Å². The molecule has 3 nitrogen and oxygen atoms in total. The van der Waals surface area contributed by atoms with E-state index < -0.39 is 0 Å². The predicted molar refractivity (Wildman–Crippen MR) is 90.7 cm³/mol. The molecule has 1 aromatic heterocycles. The molecule has 20 heavy (non-hydrogen) atoms. The number of nitrogens with one attached hydrogen (secondary N) is 1. The molecular weight excluding hydrogens is 286 g/mol. The Hall–Kier alpha value is -1.46. The van der Waals surface area contributed by atoms with E-state index in [2.05, 4.69) is 23.3 Å². The first-order valence-corrected chi connectivity index (χ1v) is 7.72. The number of hydrogen-bond donors (Lipinski definition) is 2. The largest absolute Gasteiger partial charge is 0.389 e. The second-order valence-electron chi connectivity index (χ2n) is 4.96. The summed E-state index contributed by atoms with van der Waals surface area (Å²) in [5.41, 5.74) is 9.91. The third-order valence-corrected chi connectivity index (χ3v) is 4.62. The van der Waals surface area contributed by atoms with Gasteiger partial charge in [-0.25, -0.2) is 4.98 Å². The Morgan fingerprint density at radius 1 is 1.35 bits per heavy atom. The smallest absolute Gasteiger partial charge is 0.106 e. The van der Waals surface area contributed by atoms with Crippen LogP contribution in [0, 0.1) is 20.8 Å². The van der Waals surface area contributed by atoms with Crippen molar-refractivity contribution in [2.45, 2.75) is 33.7 Å². The number of rotatable bonds is 4. The highest BCUT2D eigenvalue weighted by molar-refractivity contribution is 7.80. The van der Waals surface area contributed by atoms with Crippen molar-refractivity contribution < 1.29 is 0 Å². The monoisotopic (exact) mass is 305 g/mol. The van der Waals surface area contributed by atoms with Crippen LogP contribution >= 0.6 is 23.6 Å². The van der Waals surface area contributed by atoms with Crippen molar-refractivity contribution in [1.82, 2.24) is 4.98 Å². The van der Waals surface area contributed by atoms with Crippen LogP contribution in [0.1, 0.15) is 39.7 Å². The lowest BCUT2D eigenvalue weighted by atomic mass is 10.1. The van der Waals surface area contributed by atoms with Crippen LogP contribution in [0.5, 0.6) is 0 Å². The fraction of sp³-hybridized carbons (Fsp3) is 0.333. The quantitative estimate of drug-likeness (QED) is 0.842. The minimum Gasteiger partial charge on any atom is -0.389 e. The number of nitrogens with zero attached hydrogens (tertiary/aromatic N) is 1. The normalized spacial score (nSPS) is 12.2. The number of nitrogens with two attached hydrogens (primary N) is 1. The van der Waals surface area contributed by atoms with Crippen LogP contribution in [-0.4, -0.2) is 9.97 Å². The van der Waals surface area contributed by atoms with Gasteiger partial charge in [0.05, 0.1) is 16.7 Å². The van der Waals surface area contributed by atoms with E-state index in [1.165, 1.54) is 4.88 Å². The first-order chi connectivity index (χ1) is 9.38. The Balaban J connectivity index is 2.30. The van der Waals surface area contributed by atoms with Gasteiger partial charge in [-0.05, 0) is 39.8 Å². The Kier molecular flexibility index (Phi) is 4.40. The number of thiocarbonyl (C=S) groups is 1. The maximum absolute atomic E-state index is 5.81. The molecule has 1 heterocycles. The zero-order chi connectivity index (χ0) is 14.9. The maximum Gasteiger partial charge on any atom is 0.106 e. The standard InChI is InChI=1S/C15H19N3S2/c1-8-5-6-13(12(7-8)15(16)19)18-10(3)14-9(2)17-11(4)20-14/h5-7,10,18H,1-4H3,(H2,16,19). The van der Waals surface area contributed by atoms with Crippen LogP contribution in [0.4, 0.5) is 5.69 Å².